The molecule has 0 amide bonds. The van der Waals surface area contributed by atoms with Crippen molar-refractivity contribution in [2.75, 3.05) is 6.61 Å². The van der Waals surface area contributed by atoms with Gasteiger partial charge in [-0.25, -0.2) is 4.79 Å². The van der Waals surface area contributed by atoms with Crippen LogP contribution in [-0.2, 0) is 14.4 Å². The van der Waals surface area contributed by atoms with Gasteiger partial charge in [0.05, 0.1) is 6.61 Å². The van der Waals surface area contributed by atoms with Gasteiger partial charge in [0.25, 0.3) is 0 Å². The van der Waals surface area contributed by atoms with Crippen LogP contribution in [0.15, 0.2) is 12.2 Å². The fourth-order valence-electron chi connectivity index (χ4n) is 1.68. The lowest BCUT2D eigenvalue weighted by Gasteiger charge is -2.09. The zero-order valence-corrected chi connectivity index (χ0v) is 14.1. The number of rotatable bonds is 13. The van der Waals surface area contributed by atoms with E-state index < -0.39 is 36.7 Å². The Bertz CT molecular complexity index is 386. The van der Waals surface area contributed by atoms with Gasteiger partial charge in [-0.1, -0.05) is 25.7 Å². The summed E-state index contributed by atoms with van der Waals surface area (Å²) in [5.74, 6) is -2.69. The summed E-state index contributed by atoms with van der Waals surface area (Å²) in [6.45, 7) is -0.606. The van der Waals surface area contributed by atoms with E-state index in [1.54, 1.807) is 0 Å². The highest BCUT2D eigenvalue weighted by atomic mass is 16.4. The van der Waals surface area contributed by atoms with Crippen molar-refractivity contribution in [2.24, 2.45) is 0 Å². The molecule has 0 saturated carbocycles. The molecule has 0 aromatic heterocycles. The number of carbonyl (C=O) groups is 3. The molecule has 0 spiro atoms. The van der Waals surface area contributed by atoms with Crippen molar-refractivity contribution >= 4 is 17.9 Å². The molecule has 9 heteroatoms. The van der Waals surface area contributed by atoms with Crippen LogP contribution >= 0.6 is 0 Å². The van der Waals surface area contributed by atoms with Crippen LogP contribution in [0.4, 0.5) is 0 Å². The van der Waals surface area contributed by atoms with E-state index in [4.69, 9.17) is 30.6 Å². The quantitative estimate of drug-likeness (QED) is 0.202. The standard InChI is InChI=1S/C10H18O4.C6H10O5/c11-9(12)7-5-3-1-2-4-6-8-10(13)14;7-3-5(9)4(8)1-2-6(10)11/h1-8H2,(H,11,12)(H,13,14);1-2,4-5,7-9H,3H2,(H,10,11). The molecule has 146 valence electrons. The van der Waals surface area contributed by atoms with E-state index in [0.717, 1.165) is 44.6 Å². The third-order valence-corrected chi connectivity index (χ3v) is 3.05. The molecule has 2 atom stereocenters. The largest absolute Gasteiger partial charge is 0.481 e. The number of aliphatic hydroxyl groups is 3. The zero-order valence-electron chi connectivity index (χ0n) is 14.1. The third kappa shape index (κ3) is 22.0. The number of aliphatic carboxylic acids is 3. The maximum absolute atomic E-state index is 10.1. The Labute approximate surface area is 146 Å². The second-order valence-corrected chi connectivity index (χ2v) is 5.35. The monoisotopic (exact) mass is 364 g/mol. The van der Waals surface area contributed by atoms with Crippen molar-refractivity contribution in [3.63, 3.8) is 0 Å². The fourth-order valence-corrected chi connectivity index (χ4v) is 1.68. The Morgan fingerprint density at radius 3 is 1.48 bits per heavy atom. The van der Waals surface area contributed by atoms with Gasteiger partial charge >= 0.3 is 17.9 Å². The highest BCUT2D eigenvalue weighted by Gasteiger charge is 2.11. The van der Waals surface area contributed by atoms with Crippen LogP contribution in [0.2, 0.25) is 0 Å². The Morgan fingerprint density at radius 2 is 1.16 bits per heavy atom. The van der Waals surface area contributed by atoms with E-state index in [2.05, 4.69) is 0 Å². The van der Waals surface area contributed by atoms with E-state index >= 15 is 0 Å². The molecule has 0 aliphatic carbocycles. The molecule has 0 saturated heterocycles. The van der Waals surface area contributed by atoms with Gasteiger partial charge in [0.15, 0.2) is 0 Å². The highest BCUT2D eigenvalue weighted by molar-refractivity contribution is 5.79. The van der Waals surface area contributed by atoms with Crippen molar-refractivity contribution in [3.05, 3.63) is 12.2 Å². The summed E-state index contributed by atoms with van der Waals surface area (Å²) >= 11 is 0. The molecule has 0 fully saturated rings. The summed E-state index contributed by atoms with van der Waals surface area (Å²) in [7, 11) is 0. The number of hydrogen-bond acceptors (Lipinski definition) is 6. The summed E-state index contributed by atoms with van der Waals surface area (Å²) in [5, 5.41) is 50.6. The van der Waals surface area contributed by atoms with Crippen molar-refractivity contribution < 1.29 is 45.0 Å². The van der Waals surface area contributed by atoms with Crippen LogP contribution in [0.5, 0.6) is 0 Å². The van der Waals surface area contributed by atoms with Crippen molar-refractivity contribution in [1.82, 2.24) is 0 Å². The Kier molecular flexibility index (Phi) is 17.1. The minimum atomic E-state index is -1.34. The number of carboxylic acid groups (broad SMARTS) is 3. The Balaban J connectivity index is 0. The van der Waals surface area contributed by atoms with Crippen molar-refractivity contribution in [1.29, 1.82) is 0 Å². The molecule has 0 radical (unpaired) electrons. The minimum Gasteiger partial charge on any atom is -0.481 e. The van der Waals surface area contributed by atoms with E-state index in [-0.39, 0.29) is 12.8 Å². The lowest BCUT2D eigenvalue weighted by Crippen LogP contribution is -2.27. The smallest absolute Gasteiger partial charge is 0.328 e. The van der Waals surface area contributed by atoms with E-state index in [9.17, 15) is 14.4 Å². The average Bonchev–Trinajstić information content (AvgIpc) is 2.54. The van der Waals surface area contributed by atoms with Crippen molar-refractivity contribution in [2.45, 2.75) is 63.6 Å². The first kappa shape index (κ1) is 25.3. The molecule has 0 heterocycles. The summed E-state index contributed by atoms with van der Waals surface area (Å²) in [4.78, 5) is 30.2. The van der Waals surface area contributed by atoms with E-state index in [1.165, 1.54) is 0 Å². The second kappa shape index (κ2) is 16.9. The zero-order chi connectivity index (χ0) is 19.7. The van der Waals surface area contributed by atoms with E-state index in [0.29, 0.717) is 6.08 Å². The molecular weight excluding hydrogens is 336 g/mol. The summed E-state index contributed by atoms with van der Waals surface area (Å²) < 4.78 is 0. The fraction of sp³-hybridized carbons (Fsp3) is 0.688. The first-order valence-corrected chi connectivity index (χ1v) is 8.02. The lowest BCUT2D eigenvalue weighted by atomic mass is 10.1. The van der Waals surface area contributed by atoms with Crippen LogP contribution in [0, 0.1) is 0 Å². The first-order chi connectivity index (χ1) is 11.7. The molecule has 25 heavy (non-hydrogen) atoms. The first-order valence-electron chi connectivity index (χ1n) is 8.02. The van der Waals surface area contributed by atoms with Crippen LogP contribution in [0.3, 0.4) is 0 Å². The third-order valence-electron chi connectivity index (χ3n) is 3.05. The van der Waals surface area contributed by atoms with Gasteiger partial charge in [0.1, 0.15) is 12.2 Å². The molecule has 6 N–H and O–H groups in total. The van der Waals surface area contributed by atoms with Gasteiger partial charge in [-0.15, -0.1) is 0 Å². The maximum atomic E-state index is 10.1. The SMILES string of the molecule is O=C(O)C=CC(O)C(O)CO.O=C(O)CCCCCCCCC(=O)O. The normalized spacial score (nSPS) is 12.9. The van der Waals surface area contributed by atoms with Gasteiger partial charge in [0, 0.05) is 18.9 Å². The topological polar surface area (TPSA) is 173 Å². The van der Waals surface area contributed by atoms with Gasteiger partial charge in [-0.2, -0.15) is 0 Å². The van der Waals surface area contributed by atoms with Gasteiger partial charge in [-0.05, 0) is 18.9 Å². The predicted octanol–water partition coefficient (Wildman–Crippen LogP) is 0.618. The highest BCUT2D eigenvalue weighted by Crippen LogP contribution is 2.08. The van der Waals surface area contributed by atoms with Gasteiger partial charge < -0.3 is 30.6 Å². The number of carboxylic acids is 3. The van der Waals surface area contributed by atoms with E-state index in [1.807, 2.05) is 0 Å². The number of hydrogen-bond donors (Lipinski definition) is 6. The van der Waals surface area contributed by atoms with Crippen LogP contribution in [-0.4, -0.2) is 67.4 Å². The summed E-state index contributed by atoms with van der Waals surface area (Å²) in [6.07, 6.45) is 4.75. The number of aliphatic hydroxyl groups excluding tert-OH is 3. The van der Waals surface area contributed by atoms with Gasteiger partial charge in [0.2, 0.25) is 0 Å². The molecule has 0 aliphatic rings. The summed E-state index contributed by atoms with van der Waals surface area (Å²) in [6, 6.07) is 0. The van der Waals surface area contributed by atoms with Crippen molar-refractivity contribution in [3.8, 4) is 0 Å². The molecule has 0 aromatic rings. The number of unbranched alkanes of at least 4 members (excludes halogenated alkanes) is 5. The Morgan fingerprint density at radius 1 is 0.760 bits per heavy atom. The minimum absolute atomic E-state index is 0.245. The molecule has 0 aliphatic heterocycles. The van der Waals surface area contributed by atoms with Crippen LogP contribution in [0.25, 0.3) is 0 Å². The average molecular weight is 364 g/mol. The predicted molar refractivity (Wildman–Crippen MR) is 88.1 cm³/mol. The lowest BCUT2D eigenvalue weighted by molar-refractivity contribution is -0.138. The van der Waals surface area contributed by atoms with Crippen LogP contribution < -0.4 is 0 Å². The molecule has 0 aromatic carbocycles. The molecular formula is C16H28O9. The van der Waals surface area contributed by atoms with Crippen LogP contribution in [0.1, 0.15) is 51.4 Å². The second-order valence-electron chi connectivity index (χ2n) is 5.35. The van der Waals surface area contributed by atoms with Gasteiger partial charge in [-0.3, -0.25) is 9.59 Å². The molecule has 9 nitrogen and oxygen atoms in total. The Hall–Kier alpha value is -1.97. The molecule has 2 unspecified atom stereocenters. The summed E-state index contributed by atoms with van der Waals surface area (Å²) in [5.41, 5.74) is 0. The molecule has 0 bridgehead atoms. The maximum Gasteiger partial charge on any atom is 0.328 e. The molecule has 0 rings (SSSR count).